The van der Waals surface area contributed by atoms with Gasteiger partial charge in [0.2, 0.25) is 5.09 Å². The molecule has 0 N–H and O–H groups in total. The third kappa shape index (κ3) is 2.38. The van der Waals surface area contributed by atoms with Gasteiger partial charge >= 0.3 is 10.0 Å². The first kappa shape index (κ1) is 10.6. The standard InChI is InChI=1S/C11H9NO3S/c13-16(14,11-7-4-8-15-11)12-9-10-5-2-1-3-6-10/h1-9H. The zero-order valence-electron chi connectivity index (χ0n) is 8.28. The molecule has 1 aromatic heterocycles. The van der Waals surface area contributed by atoms with Crippen molar-refractivity contribution in [2.24, 2.45) is 4.40 Å². The smallest absolute Gasteiger partial charge is 0.315 e. The third-order valence-electron chi connectivity index (χ3n) is 1.89. The Morgan fingerprint density at radius 1 is 1.06 bits per heavy atom. The van der Waals surface area contributed by atoms with E-state index in [-0.39, 0.29) is 5.09 Å². The Morgan fingerprint density at radius 2 is 1.81 bits per heavy atom. The Balaban J connectivity index is 2.26. The van der Waals surface area contributed by atoms with Gasteiger partial charge in [0.1, 0.15) is 0 Å². The van der Waals surface area contributed by atoms with Gasteiger partial charge in [0, 0.05) is 6.21 Å². The lowest BCUT2D eigenvalue weighted by Crippen LogP contribution is -1.95. The highest BCUT2D eigenvalue weighted by Crippen LogP contribution is 2.12. The Morgan fingerprint density at radius 3 is 2.44 bits per heavy atom. The molecule has 0 aliphatic rings. The molecule has 0 atom stereocenters. The van der Waals surface area contributed by atoms with E-state index in [2.05, 4.69) is 4.40 Å². The van der Waals surface area contributed by atoms with Crippen molar-refractivity contribution in [2.75, 3.05) is 0 Å². The summed E-state index contributed by atoms with van der Waals surface area (Å²) in [5.41, 5.74) is 0.720. The van der Waals surface area contributed by atoms with Crippen LogP contribution in [0.2, 0.25) is 0 Å². The molecule has 82 valence electrons. The monoisotopic (exact) mass is 235 g/mol. The summed E-state index contributed by atoms with van der Waals surface area (Å²) in [6.07, 6.45) is 2.59. The van der Waals surface area contributed by atoms with Crippen molar-refractivity contribution in [3.05, 3.63) is 54.3 Å². The van der Waals surface area contributed by atoms with E-state index in [4.69, 9.17) is 4.42 Å². The summed E-state index contributed by atoms with van der Waals surface area (Å²) in [6.45, 7) is 0. The van der Waals surface area contributed by atoms with E-state index in [9.17, 15) is 8.42 Å². The minimum Gasteiger partial charge on any atom is -0.451 e. The molecule has 1 heterocycles. The predicted molar refractivity (Wildman–Crippen MR) is 59.9 cm³/mol. The molecule has 16 heavy (non-hydrogen) atoms. The van der Waals surface area contributed by atoms with Crippen LogP contribution in [0.4, 0.5) is 0 Å². The summed E-state index contributed by atoms with van der Waals surface area (Å²) in [5.74, 6) is 0. The lowest BCUT2D eigenvalue weighted by Gasteiger charge is -1.93. The third-order valence-corrected chi connectivity index (χ3v) is 3.01. The molecular weight excluding hydrogens is 226 g/mol. The summed E-state index contributed by atoms with van der Waals surface area (Å²) < 4.78 is 31.5. The molecule has 4 nitrogen and oxygen atoms in total. The van der Waals surface area contributed by atoms with Crippen LogP contribution in [-0.2, 0) is 10.0 Å². The lowest BCUT2D eigenvalue weighted by molar-refractivity contribution is 0.450. The molecule has 0 saturated heterocycles. The van der Waals surface area contributed by atoms with E-state index in [0.717, 1.165) is 5.56 Å². The van der Waals surface area contributed by atoms with Gasteiger partial charge in [0.25, 0.3) is 0 Å². The molecular formula is C11H9NO3S. The number of hydrogen-bond donors (Lipinski definition) is 0. The maximum atomic E-state index is 11.6. The van der Waals surface area contributed by atoms with E-state index in [1.807, 2.05) is 6.07 Å². The van der Waals surface area contributed by atoms with Crippen molar-refractivity contribution in [1.29, 1.82) is 0 Å². The van der Waals surface area contributed by atoms with Gasteiger partial charge in [-0.15, -0.1) is 0 Å². The molecule has 1 aromatic carbocycles. The molecule has 0 fully saturated rings. The molecule has 0 saturated carbocycles. The highest BCUT2D eigenvalue weighted by molar-refractivity contribution is 7.90. The van der Waals surface area contributed by atoms with E-state index < -0.39 is 10.0 Å². The van der Waals surface area contributed by atoms with Crippen LogP contribution in [0.5, 0.6) is 0 Å². The van der Waals surface area contributed by atoms with Crippen LogP contribution in [0.1, 0.15) is 5.56 Å². The molecule has 0 aliphatic heterocycles. The summed E-state index contributed by atoms with van der Waals surface area (Å²) in [4.78, 5) is 0. The zero-order chi connectivity index (χ0) is 11.4. The highest BCUT2D eigenvalue weighted by Gasteiger charge is 2.14. The summed E-state index contributed by atoms with van der Waals surface area (Å²) >= 11 is 0. The molecule has 2 rings (SSSR count). The van der Waals surface area contributed by atoms with Gasteiger partial charge in [0.15, 0.2) is 0 Å². The Kier molecular flexibility index (Phi) is 2.87. The first-order valence-electron chi connectivity index (χ1n) is 4.57. The minimum absolute atomic E-state index is 0.153. The predicted octanol–water partition coefficient (Wildman–Crippen LogP) is 2.09. The molecule has 0 amide bonds. The van der Waals surface area contributed by atoms with Crippen LogP contribution in [0.25, 0.3) is 0 Å². The van der Waals surface area contributed by atoms with E-state index in [0.29, 0.717) is 0 Å². The van der Waals surface area contributed by atoms with Crippen LogP contribution in [-0.4, -0.2) is 14.6 Å². The summed E-state index contributed by atoms with van der Waals surface area (Å²) in [6, 6.07) is 11.9. The second-order valence-electron chi connectivity index (χ2n) is 3.05. The number of hydrogen-bond acceptors (Lipinski definition) is 3. The van der Waals surface area contributed by atoms with E-state index in [1.165, 1.54) is 24.6 Å². The SMILES string of the molecule is O=S(=O)(N=Cc1ccccc1)c1ccco1. The van der Waals surface area contributed by atoms with Crippen LogP contribution in [0, 0.1) is 0 Å². The molecule has 0 radical (unpaired) electrons. The lowest BCUT2D eigenvalue weighted by atomic mass is 10.2. The topological polar surface area (TPSA) is 59.6 Å². The highest BCUT2D eigenvalue weighted by atomic mass is 32.2. The fourth-order valence-electron chi connectivity index (χ4n) is 1.13. The van der Waals surface area contributed by atoms with Crippen molar-refractivity contribution in [3.8, 4) is 0 Å². The van der Waals surface area contributed by atoms with Gasteiger partial charge < -0.3 is 4.42 Å². The number of rotatable bonds is 3. The van der Waals surface area contributed by atoms with Crippen molar-refractivity contribution >= 4 is 16.2 Å². The average molecular weight is 235 g/mol. The molecule has 0 aliphatic carbocycles. The molecule has 0 bridgehead atoms. The van der Waals surface area contributed by atoms with Gasteiger partial charge in [-0.2, -0.15) is 12.8 Å². The zero-order valence-corrected chi connectivity index (χ0v) is 9.09. The largest absolute Gasteiger partial charge is 0.451 e. The Bertz CT molecular complexity index is 571. The van der Waals surface area contributed by atoms with Crippen molar-refractivity contribution in [1.82, 2.24) is 0 Å². The van der Waals surface area contributed by atoms with Crippen LogP contribution in [0.3, 0.4) is 0 Å². The maximum Gasteiger partial charge on any atom is 0.315 e. The quantitative estimate of drug-likeness (QED) is 0.765. The second kappa shape index (κ2) is 4.32. The molecule has 5 heteroatoms. The average Bonchev–Trinajstić information content (AvgIpc) is 2.82. The van der Waals surface area contributed by atoms with Crippen molar-refractivity contribution in [2.45, 2.75) is 5.09 Å². The van der Waals surface area contributed by atoms with Crippen molar-refractivity contribution in [3.63, 3.8) is 0 Å². The summed E-state index contributed by atoms with van der Waals surface area (Å²) in [5, 5.41) is -0.153. The molecule has 2 aromatic rings. The van der Waals surface area contributed by atoms with E-state index in [1.54, 1.807) is 24.3 Å². The Labute approximate surface area is 93.3 Å². The maximum absolute atomic E-state index is 11.6. The van der Waals surface area contributed by atoms with E-state index >= 15 is 0 Å². The van der Waals surface area contributed by atoms with Crippen LogP contribution >= 0.6 is 0 Å². The van der Waals surface area contributed by atoms with Gasteiger partial charge in [-0.05, 0) is 17.7 Å². The normalized spacial score (nSPS) is 12.0. The minimum atomic E-state index is -3.71. The molecule has 0 unspecified atom stereocenters. The number of nitrogens with zero attached hydrogens (tertiary/aromatic N) is 1. The van der Waals surface area contributed by atoms with Crippen molar-refractivity contribution < 1.29 is 12.8 Å². The number of benzene rings is 1. The van der Waals surface area contributed by atoms with Gasteiger partial charge in [-0.3, -0.25) is 0 Å². The number of furan rings is 1. The van der Waals surface area contributed by atoms with Crippen LogP contribution < -0.4 is 0 Å². The summed E-state index contributed by atoms with van der Waals surface area (Å²) in [7, 11) is -3.71. The molecule has 0 spiro atoms. The number of sulfonamides is 1. The van der Waals surface area contributed by atoms with Crippen LogP contribution in [0.15, 0.2) is 62.6 Å². The van der Waals surface area contributed by atoms with Gasteiger partial charge in [-0.1, -0.05) is 30.3 Å². The first-order chi connectivity index (χ1) is 7.68. The fourth-order valence-corrected chi connectivity index (χ4v) is 1.92. The second-order valence-corrected chi connectivity index (χ2v) is 4.62. The van der Waals surface area contributed by atoms with Gasteiger partial charge in [-0.25, -0.2) is 0 Å². The Hall–Kier alpha value is -1.88. The fraction of sp³-hybridized carbons (Fsp3) is 0. The van der Waals surface area contributed by atoms with Gasteiger partial charge in [0.05, 0.1) is 6.26 Å². The first-order valence-corrected chi connectivity index (χ1v) is 6.01.